The van der Waals surface area contributed by atoms with Gasteiger partial charge in [-0.1, -0.05) is 6.92 Å². The molecule has 2 rings (SSSR count). The highest BCUT2D eigenvalue weighted by molar-refractivity contribution is 5.88. The van der Waals surface area contributed by atoms with Crippen LogP contribution < -0.4 is 11.1 Å². The van der Waals surface area contributed by atoms with Gasteiger partial charge >= 0.3 is 0 Å². The van der Waals surface area contributed by atoms with Gasteiger partial charge in [0.1, 0.15) is 11.9 Å². The molecular weight excluding hydrogens is 335 g/mol. The predicted octanol–water partition coefficient (Wildman–Crippen LogP) is 1.35. The SMILES string of the molecule is C[C@H]1CNC(=O)[C@@H](C)N(C(=O)C[C@H](N)Cc2cc(F)c(F)cc2F)C1. The highest BCUT2D eigenvalue weighted by Crippen LogP contribution is 2.17. The van der Waals surface area contributed by atoms with E-state index < -0.39 is 29.5 Å². The number of nitrogens with one attached hydrogen (secondary N) is 1. The van der Waals surface area contributed by atoms with E-state index in [2.05, 4.69) is 5.32 Å². The third-order valence-corrected chi connectivity index (χ3v) is 4.31. The predicted molar refractivity (Wildman–Crippen MR) is 86.0 cm³/mol. The average molecular weight is 357 g/mol. The smallest absolute Gasteiger partial charge is 0.242 e. The molecule has 5 nitrogen and oxygen atoms in total. The molecule has 0 aromatic heterocycles. The lowest BCUT2D eigenvalue weighted by atomic mass is 10.0. The van der Waals surface area contributed by atoms with Crippen LogP contribution >= 0.6 is 0 Å². The van der Waals surface area contributed by atoms with E-state index in [0.717, 1.165) is 6.07 Å². The summed E-state index contributed by atoms with van der Waals surface area (Å²) >= 11 is 0. The van der Waals surface area contributed by atoms with Crippen LogP contribution in [0.25, 0.3) is 0 Å². The fraction of sp³-hybridized carbons (Fsp3) is 0.529. The molecule has 1 aliphatic rings. The van der Waals surface area contributed by atoms with Gasteiger partial charge in [0.05, 0.1) is 0 Å². The maximum absolute atomic E-state index is 13.7. The lowest BCUT2D eigenvalue weighted by molar-refractivity contribution is -0.139. The molecule has 0 bridgehead atoms. The van der Waals surface area contributed by atoms with Gasteiger partial charge in [0.25, 0.3) is 0 Å². The van der Waals surface area contributed by atoms with Crippen LogP contribution in [-0.4, -0.2) is 41.9 Å². The number of amides is 2. The molecule has 1 saturated heterocycles. The van der Waals surface area contributed by atoms with E-state index in [-0.39, 0.29) is 36.1 Å². The molecule has 1 fully saturated rings. The summed E-state index contributed by atoms with van der Waals surface area (Å²) in [4.78, 5) is 25.9. The van der Waals surface area contributed by atoms with Gasteiger partial charge in [-0.25, -0.2) is 13.2 Å². The minimum absolute atomic E-state index is 0.0887. The number of carbonyl (C=O) groups is 2. The Morgan fingerprint density at radius 1 is 1.28 bits per heavy atom. The van der Waals surface area contributed by atoms with E-state index >= 15 is 0 Å². The molecule has 25 heavy (non-hydrogen) atoms. The van der Waals surface area contributed by atoms with Crippen molar-refractivity contribution in [3.8, 4) is 0 Å². The van der Waals surface area contributed by atoms with E-state index in [0.29, 0.717) is 19.2 Å². The van der Waals surface area contributed by atoms with Gasteiger partial charge in [-0.3, -0.25) is 9.59 Å². The second-order valence-electron chi connectivity index (χ2n) is 6.60. The summed E-state index contributed by atoms with van der Waals surface area (Å²) in [6.45, 7) is 4.44. The largest absolute Gasteiger partial charge is 0.354 e. The minimum atomic E-state index is -1.27. The van der Waals surface area contributed by atoms with Crippen molar-refractivity contribution in [2.75, 3.05) is 13.1 Å². The molecular formula is C17H22F3N3O2. The van der Waals surface area contributed by atoms with Crippen LogP contribution in [-0.2, 0) is 16.0 Å². The maximum Gasteiger partial charge on any atom is 0.242 e. The van der Waals surface area contributed by atoms with E-state index in [4.69, 9.17) is 5.73 Å². The Labute approximate surface area is 144 Å². The fourth-order valence-corrected chi connectivity index (χ4v) is 2.86. The molecule has 0 saturated carbocycles. The Kier molecular flexibility index (Phi) is 6.05. The quantitative estimate of drug-likeness (QED) is 0.799. The summed E-state index contributed by atoms with van der Waals surface area (Å²) in [6.07, 6.45) is -0.235. The Morgan fingerprint density at radius 3 is 2.60 bits per heavy atom. The third kappa shape index (κ3) is 4.72. The highest BCUT2D eigenvalue weighted by atomic mass is 19.2. The van der Waals surface area contributed by atoms with Crippen LogP contribution in [0.5, 0.6) is 0 Å². The summed E-state index contributed by atoms with van der Waals surface area (Å²) < 4.78 is 39.9. The van der Waals surface area contributed by atoms with Crippen molar-refractivity contribution in [3.05, 3.63) is 35.1 Å². The number of carbonyl (C=O) groups excluding carboxylic acids is 2. The molecule has 0 radical (unpaired) electrons. The molecule has 2 amide bonds. The van der Waals surface area contributed by atoms with Crippen LogP contribution in [0, 0.1) is 23.4 Å². The Hall–Kier alpha value is -2.09. The van der Waals surface area contributed by atoms with Crippen LogP contribution in [0.3, 0.4) is 0 Å². The number of nitrogens with zero attached hydrogens (tertiary/aromatic N) is 1. The molecule has 0 unspecified atom stereocenters. The third-order valence-electron chi connectivity index (χ3n) is 4.31. The maximum atomic E-state index is 13.7. The van der Waals surface area contributed by atoms with Crippen molar-refractivity contribution < 1.29 is 22.8 Å². The second-order valence-corrected chi connectivity index (χ2v) is 6.60. The molecule has 0 spiro atoms. The van der Waals surface area contributed by atoms with Crippen LogP contribution in [0.1, 0.15) is 25.8 Å². The number of halogens is 3. The molecule has 1 aliphatic heterocycles. The van der Waals surface area contributed by atoms with Crippen LogP contribution in [0.2, 0.25) is 0 Å². The van der Waals surface area contributed by atoms with Crippen LogP contribution in [0.4, 0.5) is 13.2 Å². The Morgan fingerprint density at radius 2 is 1.92 bits per heavy atom. The standard InChI is InChI=1S/C17H22F3N3O2/c1-9-7-22-17(25)10(2)23(8-9)16(24)5-12(21)3-11-4-14(19)15(20)6-13(11)18/h4,6,9-10,12H,3,5,7-8,21H2,1-2H3,(H,22,25)/t9-,10+,12+/m0/s1. The van der Waals surface area contributed by atoms with Gasteiger partial charge in [-0.15, -0.1) is 0 Å². The lowest BCUT2D eigenvalue weighted by Crippen LogP contribution is -2.47. The summed E-state index contributed by atoms with van der Waals surface area (Å²) in [5.74, 6) is -3.81. The lowest BCUT2D eigenvalue weighted by Gasteiger charge is -2.28. The van der Waals surface area contributed by atoms with Gasteiger partial charge in [0, 0.05) is 31.6 Å². The van der Waals surface area contributed by atoms with Gasteiger partial charge in [-0.05, 0) is 30.9 Å². The van der Waals surface area contributed by atoms with Gasteiger partial charge < -0.3 is 16.0 Å². The van der Waals surface area contributed by atoms with E-state index in [1.807, 2.05) is 6.92 Å². The fourth-order valence-electron chi connectivity index (χ4n) is 2.86. The second kappa shape index (κ2) is 7.86. The van der Waals surface area contributed by atoms with E-state index in [9.17, 15) is 22.8 Å². The Balaban J connectivity index is 2.04. The first kappa shape index (κ1) is 19.2. The first-order chi connectivity index (χ1) is 11.7. The number of rotatable bonds is 4. The zero-order valence-corrected chi connectivity index (χ0v) is 14.2. The first-order valence-corrected chi connectivity index (χ1v) is 8.15. The van der Waals surface area contributed by atoms with Crippen molar-refractivity contribution in [1.82, 2.24) is 10.2 Å². The monoisotopic (exact) mass is 357 g/mol. The van der Waals surface area contributed by atoms with Crippen molar-refractivity contribution >= 4 is 11.8 Å². The normalized spacial score (nSPS) is 22.3. The minimum Gasteiger partial charge on any atom is -0.354 e. The summed E-state index contributed by atoms with van der Waals surface area (Å²) in [5.41, 5.74) is 5.80. The molecule has 8 heteroatoms. The van der Waals surface area contributed by atoms with Gasteiger partial charge in [0.2, 0.25) is 11.8 Å². The number of benzene rings is 1. The molecule has 1 aromatic carbocycles. The van der Waals surface area contributed by atoms with Crippen molar-refractivity contribution in [2.45, 2.75) is 38.8 Å². The van der Waals surface area contributed by atoms with Crippen molar-refractivity contribution in [1.29, 1.82) is 0 Å². The average Bonchev–Trinajstić information content (AvgIpc) is 2.66. The van der Waals surface area contributed by atoms with Gasteiger partial charge in [0.15, 0.2) is 11.6 Å². The van der Waals surface area contributed by atoms with Crippen LogP contribution in [0.15, 0.2) is 12.1 Å². The van der Waals surface area contributed by atoms with Crippen molar-refractivity contribution in [2.24, 2.45) is 11.7 Å². The molecule has 3 atom stereocenters. The molecule has 0 aliphatic carbocycles. The summed E-state index contributed by atoms with van der Waals surface area (Å²) in [5, 5.41) is 2.75. The zero-order valence-electron chi connectivity index (χ0n) is 14.2. The number of nitrogens with two attached hydrogens (primary N) is 1. The molecule has 138 valence electrons. The topological polar surface area (TPSA) is 75.4 Å². The summed E-state index contributed by atoms with van der Waals surface area (Å²) in [7, 11) is 0. The zero-order chi connectivity index (χ0) is 18.7. The highest BCUT2D eigenvalue weighted by Gasteiger charge is 2.31. The number of hydrogen-bond donors (Lipinski definition) is 2. The molecule has 3 N–H and O–H groups in total. The Bertz CT molecular complexity index is 669. The van der Waals surface area contributed by atoms with E-state index in [1.165, 1.54) is 4.90 Å². The first-order valence-electron chi connectivity index (χ1n) is 8.15. The molecule has 1 aromatic rings. The van der Waals surface area contributed by atoms with Crippen molar-refractivity contribution in [3.63, 3.8) is 0 Å². The number of hydrogen-bond acceptors (Lipinski definition) is 3. The summed E-state index contributed by atoms with van der Waals surface area (Å²) in [6, 6.07) is -0.188. The molecule has 1 heterocycles. The van der Waals surface area contributed by atoms with Gasteiger partial charge in [-0.2, -0.15) is 0 Å². The van der Waals surface area contributed by atoms with E-state index in [1.54, 1.807) is 6.92 Å².